The maximum atomic E-state index is 11.5. The summed E-state index contributed by atoms with van der Waals surface area (Å²) in [5, 5.41) is 3.29. The predicted molar refractivity (Wildman–Crippen MR) is 71.7 cm³/mol. The number of nitrogens with one attached hydrogen (secondary N) is 1. The molecular formula is C13H19ClN2O2. The van der Waals surface area contributed by atoms with E-state index in [1.165, 1.54) is 0 Å². The van der Waals surface area contributed by atoms with Crippen LogP contribution in [0.5, 0.6) is 0 Å². The monoisotopic (exact) mass is 270 g/mol. The number of aromatic nitrogens is 1. The van der Waals surface area contributed by atoms with Crippen molar-refractivity contribution in [3.8, 4) is 0 Å². The van der Waals surface area contributed by atoms with Gasteiger partial charge in [0.25, 0.3) is 0 Å². The molecule has 0 aliphatic heterocycles. The van der Waals surface area contributed by atoms with Gasteiger partial charge in [-0.05, 0) is 38.8 Å². The van der Waals surface area contributed by atoms with Crippen molar-refractivity contribution in [3.63, 3.8) is 0 Å². The second-order valence-corrected chi connectivity index (χ2v) is 5.40. The number of pyridine rings is 1. The molecule has 0 saturated heterocycles. The number of aryl methyl sites for hydroxylation is 1. The molecule has 0 atom stereocenters. The topological polar surface area (TPSA) is 51.2 Å². The molecule has 5 heteroatoms. The third-order valence-corrected chi connectivity index (χ3v) is 2.41. The predicted octanol–water partition coefficient (Wildman–Crippen LogP) is 3.32. The average molecular weight is 271 g/mol. The quantitative estimate of drug-likeness (QED) is 0.917. The fraction of sp³-hybridized carbons (Fsp3) is 0.538. The molecule has 18 heavy (non-hydrogen) atoms. The van der Waals surface area contributed by atoms with Crippen molar-refractivity contribution < 1.29 is 9.53 Å². The highest BCUT2D eigenvalue weighted by atomic mass is 35.5. The Balaban J connectivity index is 2.61. The minimum Gasteiger partial charge on any atom is -0.444 e. The minimum atomic E-state index is -0.495. The van der Waals surface area contributed by atoms with E-state index in [-0.39, 0.29) is 0 Å². The van der Waals surface area contributed by atoms with E-state index in [4.69, 9.17) is 16.3 Å². The van der Waals surface area contributed by atoms with Crippen molar-refractivity contribution in [1.29, 1.82) is 0 Å². The van der Waals surface area contributed by atoms with Crippen molar-refractivity contribution in [2.75, 3.05) is 0 Å². The third kappa shape index (κ3) is 4.92. The highest BCUT2D eigenvalue weighted by Crippen LogP contribution is 2.14. The number of carbonyl (C=O) groups is 1. The van der Waals surface area contributed by atoms with Crippen LogP contribution in [0, 0.1) is 0 Å². The van der Waals surface area contributed by atoms with Crippen LogP contribution in [0.1, 0.15) is 39.0 Å². The maximum Gasteiger partial charge on any atom is 0.407 e. The molecule has 0 radical (unpaired) electrons. The number of carbonyl (C=O) groups excluding carboxylic acids is 1. The zero-order chi connectivity index (χ0) is 13.8. The Bertz CT molecular complexity index is 427. The number of halogens is 1. The summed E-state index contributed by atoms with van der Waals surface area (Å²) in [6.45, 7) is 7.83. The van der Waals surface area contributed by atoms with E-state index >= 15 is 0 Å². The molecule has 1 heterocycles. The molecule has 0 aromatic carbocycles. The molecule has 1 N–H and O–H groups in total. The Kier molecular flexibility index (Phi) is 4.96. The molecule has 0 bridgehead atoms. The van der Waals surface area contributed by atoms with Gasteiger partial charge in [-0.2, -0.15) is 0 Å². The largest absolute Gasteiger partial charge is 0.444 e. The smallest absolute Gasteiger partial charge is 0.407 e. The first-order chi connectivity index (χ1) is 8.31. The minimum absolute atomic E-state index is 0.343. The SMILES string of the molecule is CCc1cc(Cl)cnc1CNC(=O)OC(C)(C)C. The Morgan fingerprint density at radius 1 is 1.50 bits per heavy atom. The zero-order valence-electron chi connectivity index (χ0n) is 11.2. The van der Waals surface area contributed by atoms with Crippen LogP contribution in [0.4, 0.5) is 4.79 Å². The Labute approximate surface area is 113 Å². The molecule has 1 aromatic heterocycles. The summed E-state index contributed by atoms with van der Waals surface area (Å²) in [6.07, 6.45) is 1.95. The Morgan fingerprint density at radius 3 is 2.72 bits per heavy atom. The van der Waals surface area contributed by atoms with Crippen LogP contribution < -0.4 is 5.32 Å². The van der Waals surface area contributed by atoms with Gasteiger partial charge in [0.15, 0.2) is 0 Å². The van der Waals surface area contributed by atoms with Gasteiger partial charge in [-0.15, -0.1) is 0 Å². The number of hydrogen-bond donors (Lipinski definition) is 1. The Morgan fingerprint density at radius 2 is 2.17 bits per heavy atom. The van der Waals surface area contributed by atoms with Crippen LogP contribution in [0.25, 0.3) is 0 Å². The summed E-state index contributed by atoms with van der Waals surface area (Å²) in [4.78, 5) is 15.7. The number of rotatable bonds is 3. The summed E-state index contributed by atoms with van der Waals surface area (Å²) in [6, 6.07) is 1.86. The second kappa shape index (κ2) is 6.05. The molecule has 100 valence electrons. The first-order valence-electron chi connectivity index (χ1n) is 5.92. The van der Waals surface area contributed by atoms with E-state index < -0.39 is 11.7 Å². The lowest BCUT2D eigenvalue weighted by Gasteiger charge is -2.19. The van der Waals surface area contributed by atoms with Crippen LogP contribution in [-0.4, -0.2) is 16.7 Å². The molecule has 0 spiro atoms. The van der Waals surface area contributed by atoms with Gasteiger partial charge >= 0.3 is 6.09 Å². The standard InChI is InChI=1S/C13H19ClN2O2/c1-5-9-6-10(14)7-15-11(9)8-16-12(17)18-13(2,3)4/h6-7H,5,8H2,1-4H3,(H,16,17). The molecule has 1 rings (SSSR count). The number of alkyl carbamates (subject to hydrolysis) is 1. The van der Waals surface area contributed by atoms with Gasteiger partial charge in [-0.25, -0.2) is 4.79 Å². The zero-order valence-corrected chi connectivity index (χ0v) is 12.0. The molecular weight excluding hydrogens is 252 g/mol. The van der Waals surface area contributed by atoms with Crippen molar-refractivity contribution in [1.82, 2.24) is 10.3 Å². The summed E-state index contributed by atoms with van der Waals surface area (Å²) < 4.78 is 5.15. The van der Waals surface area contributed by atoms with Gasteiger partial charge < -0.3 is 10.1 Å². The van der Waals surface area contributed by atoms with E-state index in [9.17, 15) is 4.79 Å². The highest BCUT2D eigenvalue weighted by molar-refractivity contribution is 6.30. The Hall–Kier alpha value is -1.29. The first-order valence-corrected chi connectivity index (χ1v) is 6.29. The second-order valence-electron chi connectivity index (χ2n) is 4.97. The molecule has 0 aliphatic rings. The fourth-order valence-electron chi connectivity index (χ4n) is 1.44. The average Bonchev–Trinajstić information content (AvgIpc) is 2.24. The van der Waals surface area contributed by atoms with Crippen molar-refractivity contribution in [3.05, 3.63) is 28.5 Å². The van der Waals surface area contributed by atoms with Crippen LogP contribution in [0.15, 0.2) is 12.3 Å². The van der Waals surface area contributed by atoms with Crippen molar-refractivity contribution >= 4 is 17.7 Å². The van der Waals surface area contributed by atoms with Crippen LogP contribution in [0.3, 0.4) is 0 Å². The van der Waals surface area contributed by atoms with E-state index in [0.717, 1.165) is 17.7 Å². The fourth-order valence-corrected chi connectivity index (χ4v) is 1.63. The van der Waals surface area contributed by atoms with Gasteiger partial charge in [-0.3, -0.25) is 4.98 Å². The van der Waals surface area contributed by atoms with Gasteiger partial charge in [0.1, 0.15) is 5.60 Å². The number of ether oxygens (including phenoxy) is 1. The van der Waals surface area contributed by atoms with E-state index in [0.29, 0.717) is 11.6 Å². The van der Waals surface area contributed by atoms with Crippen LogP contribution >= 0.6 is 11.6 Å². The number of hydrogen-bond acceptors (Lipinski definition) is 3. The molecule has 4 nitrogen and oxygen atoms in total. The molecule has 0 saturated carbocycles. The lowest BCUT2D eigenvalue weighted by Crippen LogP contribution is -2.32. The normalized spacial score (nSPS) is 11.2. The number of nitrogens with zero attached hydrogens (tertiary/aromatic N) is 1. The van der Waals surface area contributed by atoms with Gasteiger partial charge in [0.05, 0.1) is 17.3 Å². The maximum absolute atomic E-state index is 11.5. The van der Waals surface area contributed by atoms with Crippen LogP contribution in [0.2, 0.25) is 5.02 Å². The summed E-state index contributed by atoms with van der Waals surface area (Å²) in [7, 11) is 0. The summed E-state index contributed by atoms with van der Waals surface area (Å²) in [5.41, 5.74) is 1.34. The summed E-state index contributed by atoms with van der Waals surface area (Å²) >= 11 is 5.87. The van der Waals surface area contributed by atoms with E-state index in [1.807, 2.05) is 33.8 Å². The van der Waals surface area contributed by atoms with Crippen molar-refractivity contribution in [2.24, 2.45) is 0 Å². The van der Waals surface area contributed by atoms with E-state index in [1.54, 1.807) is 6.20 Å². The van der Waals surface area contributed by atoms with Gasteiger partial charge in [0, 0.05) is 6.20 Å². The third-order valence-electron chi connectivity index (χ3n) is 2.21. The molecule has 0 fully saturated rings. The first kappa shape index (κ1) is 14.8. The lowest BCUT2D eigenvalue weighted by atomic mass is 10.1. The van der Waals surface area contributed by atoms with Gasteiger partial charge in [0.2, 0.25) is 0 Å². The molecule has 1 aromatic rings. The van der Waals surface area contributed by atoms with E-state index in [2.05, 4.69) is 10.3 Å². The van der Waals surface area contributed by atoms with Crippen molar-refractivity contribution in [2.45, 2.75) is 46.3 Å². The van der Waals surface area contributed by atoms with Crippen LogP contribution in [-0.2, 0) is 17.7 Å². The van der Waals surface area contributed by atoms with Gasteiger partial charge in [-0.1, -0.05) is 18.5 Å². The number of amides is 1. The molecule has 0 aliphatic carbocycles. The summed E-state index contributed by atoms with van der Waals surface area (Å²) in [5.74, 6) is 0. The highest BCUT2D eigenvalue weighted by Gasteiger charge is 2.16. The molecule has 0 unspecified atom stereocenters. The lowest BCUT2D eigenvalue weighted by molar-refractivity contribution is 0.0523. The molecule has 1 amide bonds.